The fourth-order valence-electron chi connectivity index (χ4n) is 4.01. The van der Waals surface area contributed by atoms with Crippen LogP contribution in [-0.2, 0) is 16.2 Å². The van der Waals surface area contributed by atoms with Crippen LogP contribution in [0.2, 0.25) is 0 Å². The van der Waals surface area contributed by atoms with Crippen LogP contribution in [0.3, 0.4) is 0 Å². The molecule has 1 unspecified atom stereocenters. The van der Waals surface area contributed by atoms with Gasteiger partial charge in [-0.05, 0) is 49.6 Å². The summed E-state index contributed by atoms with van der Waals surface area (Å²) in [5.74, 6) is -0.382. The van der Waals surface area contributed by atoms with Crippen LogP contribution in [0.4, 0.5) is 18.9 Å². The molecule has 0 aliphatic carbocycles. The molecule has 2 aromatic rings. The van der Waals surface area contributed by atoms with Gasteiger partial charge >= 0.3 is 6.18 Å². The van der Waals surface area contributed by atoms with Crippen molar-refractivity contribution in [1.82, 2.24) is 9.88 Å². The number of sulfonamides is 1. The number of amides is 1. The van der Waals surface area contributed by atoms with Gasteiger partial charge in [0, 0.05) is 12.7 Å². The van der Waals surface area contributed by atoms with Crippen molar-refractivity contribution in [3.63, 3.8) is 0 Å². The number of hydrogen-bond acceptors (Lipinski definition) is 6. The summed E-state index contributed by atoms with van der Waals surface area (Å²) < 4.78 is 71.4. The van der Waals surface area contributed by atoms with Crippen LogP contribution < -0.4 is 9.04 Å². The van der Waals surface area contributed by atoms with E-state index in [1.807, 2.05) is 0 Å². The Bertz CT molecular complexity index is 1140. The summed E-state index contributed by atoms with van der Waals surface area (Å²) in [4.78, 5) is 18.4. The number of anilines is 1. The lowest BCUT2D eigenvalue weighted by molar-refractivity contribution is -0.137. The molecule has 1 saturated heterocycles. The largest absolute Gasteiger partial charge is 0.474 e. The average molecular weight is 485 g/mol. The lowest BCUT2D eigenvalue weighted by Crippen LogP contribution is -2.45. The molecule has 33 heavy (non-hydrogen) atoms. The Balaban J connectivity index is 1.67. The molecular formula is C21H22F3N3O5S. The van der Waals surface area contributed by atoms with Crippen LogP contribution >= 0.6 is 0 Å². The van der Waals surface area contributed by atoms with Gasteiger partial charge in [-0.15, -0.1) is 0 Å². The van der Waals surface area contributed by atoms with Crippen molar-refractivity contribution < 1.29 is 36.2 Å². The summed E-state index contributed by atoms with van der Waals surface area (Å²) in [5.41, 5.74) is -0.796. The highest BCUT2D eigenvalue weighted by Crippen LogP contribution is 2.36. The molecule has 0 bridgehead atoms. The molecule has 1 N–H and O–H groups in total. The number of piperidine rings is 1. The van der Waals surface area contributed by atoms with Gasteiger partial charge in [-0.2, -0.15) is 13.2 Å². The number of halogens is 3. The highest BCUT2D eigenvalue weighted by molar-refractivity contribution is 7.92. The number of aromatic nitrogens is 1. The van der Waals surface area contributed by atoms with E-state index >= 15 is 0 Å². The van der Waals surface area contributed by atoms with Crippen molar-refractivity contribution in [1.29, 1.82) is 0 Å². The van der Waals surface area contributed by atoms with E-state index in [1.165, 1.54) is 12.3 Å². The van der Waals surface area contributed by atoms with Crippen molar-refractivity contribution in [3.8, 4) is 5.88 Å². The zero-order valence-corrected chi connectivity index (χ0v) is 18.3. The number of aliphatic hydroxyl groups excluding tert-OH is 1. The number of carbonyl (C=O) groups is 1. The normalized spacial score (nSPS) is 19.1. The summed E-state index contributed by atoms with van der Waals surface area (Å²) in [7, 11) is -4.24. The van der Waals surface area contributed by atoms with Crippen LogP contribution in [0.15, 0.2) is 41.4 Å². The van der Waals surface area contributed by atoms with E-state index in [9.17, 15) is 31.5 Å². The number of likely N-dealkylation sites (tertiary alicyclic amines) is 1. The second kappa shape index (κ2) is 8.82. The summed E-state index contributed by atoms with van der Waals surface area (Å²) >= 11 is 0. The van der Waals surface area contributed by atoms with E-state index in [-0.39, 0.29) is 53.7 Å². The molecule has 1 aromatic heterocycles. The van der Waals surface area contributed by atoms with Gasteiger partial charge < -0.3 is 14.7 Å². The highest BCUT2D eigenvalue weighted by Gasteiger charge is 2.35. The molecule has 1 atom stereocenters. The van der Waals surface area contributed by atoms with Gasteiger partial charge in [0.1, 0.15) is 12.3 Å². The van der Waals surface area contributed by atoms with Crippen LogP contribution in [0.1, 0.15) is 35.2 Å². The SMILES string of the molecule is O=C(c1cnc2c(c1)N(S(=O)(=O)c1ccc(C(F)(F)F)cc1)CCO2)N1CCCCC1CO. The van der Waals surface area contributed by atoms with Crippen molar-refractivity contribution in [3.05, 3.63) is 47.7 Å². The molecule has 178 valence electrons. The van der Waals surface area contributed by atoms with Gasteiger partial charge in [-0.25, -0.2) is 13.4 Å². The quantitative estimate of drug-likeness (QED) is 0.715. The molecule has 3 heterocycles. The molecular weight excluding hydrogens is 463 g/mol. The average Bonchev–Trinajstić information content (AvgIpc) is 2.82. The molecule has 12 heteroatoms. The number of alkyl halides is 3. The Hall–Kier alpha value is -2.86. The van der Waals surface area contributed by atoms with Gasteiger partial charge in [-0.1, -0.05) is 0 Å². The Kier molecular flexibility index (Phi) is 6.23. The number of rotatable bonds is 4. The molecule has 2 aliphatic rings. The van der Waals surface area contributed by atoms with Gasteiger partial charge in [-0.3, -0.25) is 9.10 Å². The molecule has 1 amide bonds. The Labute approximate surface area is 188 Å². The van der Waals surface area contributed by atoms with E-state index in [1.54, 1.807) is 4.90 Å². The molecule has 1 aromatic carbocycles. The van der Waals surface area contributed by atoms with Crippen molar-refractivity contribution in [2.45, 2.75) is 36.4 Å². The van der Waals surface area contributed by atoms with Gasteiger partial charge in [0.05, 0.1) is 35.2 Å². The van der Waals surface area contributed by atoms with Gasteiger partial charge in [0.15, 0.2) is 0 Å². The fraction of sp³-hybridized carbons (Fsp3) is 0.429. The molecule has 8 nitrogen and oxygen atoms in total. The molecule has 4 rings (SSSR count). The van der Waals surface area contributed by atoms with Crippen molar-refractivity contribution in [2.75, 3.05) is 30.6 Å². The zero-order valence-electron chi connectivity index (χ0n) is 17.5. The van der Waals surface area contributed by atoms with E-state index in [0.717, 1.165) is 29.3 Å². The Morgan fingerprint density at radius 1 is 1.18 bits per heavy atom. The molecule has 0 spiro atoms. The monoisotopic (exact) mass is 485 g/mol. The third kappa shape index (κ3) is 4.49. The zero-order chi connectivity index (χ0) is 23.8. The van der Waals surface area contributed by atoms with E-state index < -0.39 is 21.8 Å². The number of hydrogen-bond donors (Lipinski definition) is 1. The van der Waals surface area contributed by atoms with E-state index in [0.29, 0.717) is 25.1 Å². The predicted molar refractivity (Wildman–Crippen MR) is 111 cm³/mol. The van der Waals surface area contributed by atoms with Crippen molar-refractivity contribution >= 4 is 21.6 Å². The molecule has 0 saturated carbocycles. The first-order valence-electron chi connectivity index (χ1n) is 10.4. The summed E-state index contributed by atoms with van der Waals surface area (Å²) in [6.07, 6.45) is -0.951. The Morgan fingerprint density at radius 3 is 2.58 bits per heavy atom. The standard InChI is InChI=1S/C21H22F3N3O5S/c22-21(23,24)15-4-6-17(7-5-15)33(30,31)27-9-10-32-19-18(27)11-14(12-25-19)20(29)26-8-2-1-3-16(26)13-28/h4-7,11-12,16,28H,1-3,8-10,13H2. The Morgan fingerprint density at radius 2 is 1.91 bits per heavy atom. The number of aliphatic hydroxyl groups is 1. The summed E-state index contributed by atoms with van der Waals surface area (Å²) in [6, 6.07) is 4.24. The minimum absolute atomic E-state index is 0.00522. The maximum absolute atomic E-state index is 13.2. The van der Waals surface area contributed by atoms with Crippen LogP contribution in [0.25, 0.3) is 0 Å². The number of carbonyl (C=O) groups excluding carboxylic acids is 1. The minimum atomic E-state index is -4.59. The number of ether oxygens (including phenoxy) is 1. The first kappa shape index (κ1) is 23.3. The second-order valence-electron chi connectivity index (χ2n) is 7.83. The molecule has 0 radical (unpaired) electrons. The predicted octanol–water partition coefficient (Wildman–Crippen LogP) is 2.68. The summed E-state index contributed by atoms with van der Waals surface area (Å²) in [5, 5.41) is 9.61. The maximum atomic E-state index is 13.2. The second-order valence-corrected chi connectivity index (χ2v) is 9.69. The van der Waals surface area contributed by atoms with Crippen LogP contribution in [-0.4, -0.2) is 61.7 Å². The summed E-state index contributed by atoms with van der Waals surface area (Å²) in [6.45, 7) is 0.178. The number of nitrogens with zero attached hydrogens (tertiary/aromatic N) is 3. The van der Waals surface area contributed by atoms with Gasteiger partial charge in [0.2, 0.25) is 5.88 Å². The maximum Gasteiger partial charge on any atom is 0.416 e. The number of pyridine rings is 1. The van der Waals surface area contributed by atoms with E-state index in [2.05, 4.69) is 4.98 Å². The smallest absolute Gasteiger partial charge is 0.416 e. The van der Waals surface area contributed by atoms with Gasteiger partial charge in [0.25, 0.3) is 15.9 Å². The third-order valence-electron chi connectivity index (χ3n) is 5.75. The van der Waals surface area contributed by atoms with Crippen LogP contribution in [0.5, 0.6) is 5.88 Å². The minimum Gasteiger partial charge on any atom is -0.474 e. The van der Waals surface area contributed by atoms with E-state index in [4.69, 9.17) is 4.74 Å². The van der Waals surface area contributed by atoms with Crippen molar-refractivity contribution in [2.24, 2.45) is 0 Å². The lowest BCUT2D eigenvalue weighted by atomic mass is 10.0. The lowest BCUT2D eigenvalue weighted by Gasteiger charge is -2.35. The first-order valence-corrected chi connectivity index (χ1v) is 11.8. The third-order valence-corrected chi connectivity index (χ3v) is 7.58. The number of benzene rings is 1. The fourth-order valence-corrected chi connectivity index (χ4v) is 5.45. The van der Waals surface area contributed by atoms with Crippen LogP contribution in [0, 0.1) is 0 Å². The topological polar surface area (TPSA) is 100 Å². The first-order chi connectivity index (χ1) is 15.6. The molecule has 2 aliphatic heterocycles. The highest BCUT2D eigenvalue weighted by atomic mass is 32.2. The molecule has 1 fully saturated rings. The number of fused-ring (bicyclic) bond motifs is 1.